The van der Waals surface area contributed by atoms with Crippen molar-refractivity contribution >= 4 is 13.9 Å². The third-order valence-corrected chi connectivity index (χ3v) is 8.61. The van der Waals surface area contributed by atoms with E-state index in [-0.39, 0.29) is 11.8 Å². The van der Waals surface area contributed by atoms with Crippen LogP contribution in [0, 0.1) is 6.92 Å². The molecule has 0 aliphatic rings. The SMILES string of the molecule is CCC(C)(Pc1ccc(C)cc1CO)c1cc(Cc2ccccc2)ccc1OCc1ccccc1. The lowest BCUT2D eigenvalue weighted by Gasteiger charge is -2.32. The van der Waals surface area contributed by atoms with E-state index in [9.17, 15) is 5.11 Å². The first-order valence-corrected chi connectivity index (χ1v) is 13.3. The molecule has 0 bridgehead atoms. The first kappa shape index (κ1) is 25.2. The largest absolute Gasteiger partial charge is 0.489 e. The average Bonchev–Trinajstić information content (AvgIpc) is 2.90. The Kier molecular flexibility index (Phi) is 8.39. The van der Waals surface area contributed by atoms with E-state index < -0.39 is 0 Å². The van der Waals surface area contributed by atoms with E-state index in [0.717, 1.165) is 29.7 Å². The minimum absolute atomic E-state index is 0.0647. The first-order chi connectivity index (χ1) is 17.0. The number of aryl methyl sites for hydroxylation is 1. The van der Waals surface area contributed by atoms with Crippen molar-refractivity contribution in [3.8, 4) is 5.75 Å². The van der Waals surface area contributed by atoms with Crippen molar-refractivity contribution in [1.29, 1.82) is 0 Å². The second-order valence-electron chi connectivity index (χ2n) is 9.40. The number of hydrogen-bond acceptors (Lipinski definition) is 2. The molecule has 4 aromatic carbocycles. The summed E-state index contributed by atoms with van der Waals surface area (Å²) in [6.45, 7) is 7.28. The van der Waals surface area contributed by atoms with E-state index in [4.69, 9.17) is 4.74 Å². The molecule has 0 radical (unpaired) electrons. The molecule has 0 spiro atoms. The molecule has 2 unspecified atom stereocenters. The number of hydrogen-bond donors (Lipinski definition) is 1. The van der Waals surface area contributed by atoms with Crippen LogP contribution in [0.25, 0.3) is 0 Å². The van der Waals surface area contributed by atoms with E-state index in [1.165, 1.54) is 27.6 Å². The average molecular weight is 483 g/mol. The second kappa shape index (κ2) is 11.7. The number of ether oxygens (including phenoxy) is 1. The summed E-state index contributed by atoms with van der Waals surface area (Å²) in [6, 6.07) is 34.1. The van der Waals surface area contributed by atoms with Gasteiger partial charge in [-0.15, -0.1) is 0 Å². The zero-order chi connectivity index (χ0) is 24.7. The van der Waals surface area contributed by atoms with Crippen LogP contribution in [0.5, 0.6) is 5.75 Å². The van der Waals surface area contributed by atoms with Gasteiger partial charge in [0.15, 0.2) is 0 Å². The topological polar surface area (TPSA) is 29.5 Å². The Hall–Kier alpha value is -2.93. The molecule has 0 saturated heterocycles. The Balaban J connectivity index is 1.71. The van der Waals surface area contributed by atoms with Gasteiger partial charge in [-0.05, 0) is 53.4 Å². The maximum Gasteiger partial charge on any atom is 0.123 e. The molecule has 0 aliphatic heterocycles. The van der Waals surface area contributed by atoms with Gasteiger partial charge in [-0.3, -0.25) is 0 Å². The van der Waals surface area contributed by atoms with Gasteiger partial charge >= 0.3 is 0 Å². The van der Waals surface area contributed by atoms with Crippen molar-refractivity contribution < 1.29 is 9.84 Å². The summed E-state index contributed by atoms with van der Waals surface area (Å²) in [7, 11) is 0.520. The summed E-state index contributed by atoms with van der Waals surface area (Å²) >= 11 is 0. The first-order valence-electron chi connectivity index (χ1n) is 12.3. The zero-order valence-electron chi connectivity index (χ0n) is 20.9. The Morgan fingerprint density at radius 1 is 0.800 bits per heavy atom. The standard InChI is InChI=1S/C32H35O2P/c1-4-32(3,35-31-18-15-24(2)19-28(31)22-33)29-21-27(20-25-11-7-5-8-12-25)16-17-30(29)34-23-26-13-9-6-10-14-26/h5-19,21,33,35H,4,20,22-23H2,1-3H3. The molecule has 35 heavy (non-hydrogen) atoms. The molecule has 180 valence electrons. The molecule has 1 N–H and O–H groups in total. The normalized spacial score (nSPS) is 13.1. The van der Waals surface area contributed by atoms with Gasteiger partial charge in [0.2, 0.25) is 0 Å². The summed E-state index contributed by atoms with van der Waals surface area (Å²) in [6.07, 6.45) is 1.86. The lowest BCUT2D eigenvalue weighted by Crippen LogP contribution is -2.21. The highest BCUT2D eigenvalue weighted by molar-refractivity contribution is 7.48. The van der Waals surface area contributed by atoms with Gasteiger partial charge in [0.05, 0.1) is 6.61 Å². The third kappa shape index (κ3) is 6.40. The molecular formula is C32H35O2P. The van der Waals surface area contributed by atoms with Crippen LogP contribution < -0.4 is 10.0 Å². The number of benzene rings is 4. The van der Waals surface area contributed by atoms with Crippen molar-refractivity contribution in [2.75, 3.05) is 0 Å². The van der Waals surface area contributed by atoms with Gasteiger partial charge in [0, 0.05) is 10.7 Å². The quantitative estimate of drug-likeness (QED) is 0.241. The maximum absolute atomic E-state index is 10.0. The van der Waals surface area contributed by atoms with Crippen LogP contribution in [-0.2, 0) is 24.8 Å². The highest BCUT2D eigenvalue weighted by Gasteiger charge is 2.30. The molecule has 2 atom stereocenters. The van der Waals surface area contributed by atoms with E-state index in [1.54, 1.807) is 0 Å². The number of aliphatic hydroxyl groups is 1. The van der Waals surface area contributed by atoms with Crippen LogP contribution in [0.1, 0.15) is 53.6 Å². The minimum Gasteiger partial charge on any atom is -0.489 e. The zero-order valence-corrected chi connectivity index (χ0v) is 21.9. The van der Waals surface area contributed by atoms with E-state index >= 15 is 0 Å². The van der Waals surface area contributed by atoms with Gasteiger partial charge in [-0.2, -0.15) is 0 Å². The molecule has 0 saturated carbocycles. The maximum atomic E-state index is 10.0. The monoisotopic (exact) mass is 482 g/mol. The molecule has 0 amide bonds. The lowest BCUT2D eigenvalue weighted by molar-refractivity contribution is 0.283. The van der Waals surface area contributed by atoms with Crippen molar-refractivity contribution in [3.05, 3.63) is 130 Å². The number of rotatable bonds is 10. The van der Waals surface area contributed by atoms with Gasteiger partial charge in [0.25, 0.3) is 0 Å². The molecule has 0 aromatic heterocycles. The van der Waals surface area contributed by atoms with Crippen LogP contribution in [0.15, 0.2) is 97.1 Å². The van der Waals surface area contributed by atoms with Gasteiger partial charge in [0.1, 0.15) is 12.4 Å². The predicted octanol–water partition coefficient (Wildman–Crippen LogP) is 7.29. The highest BCUT2D eigenvalue weighted by Crippen LogP contribution is 2.48. The lowest BCUT2D eigenvalue weighted by atomic mass is 9.93. The fourth-order valence-corrected chi connectivity index (χ4v) is 6.01. The molecule has 0 fully saturated rings. The molecule has 2 nitrogen and oxygen atoms in total. The van der Waals surface area contributed by atoms with E-state index in [1.807, 2.05) is 18.2 Å². The van der Waals surface area contributed by atoms with E-state index in [2.05, 4.69) is 99.6 Å². The smallest absolute Gasteiger partial charge is 0.123 e. The predicted molar refractivity (Wildman–Crippen MR) is 149 cm³/mol. The molecule has 4 aromatic rings. The van der Waals surface area contributed by atoms with Gasteiger partial charge in [-0.25, -0.2) is 0 Å². The van der Waals surface area contributed by atoms with Crippen LogP contribution in [-0.4, -0.2) is 5.11 Å². The molecule has 0 heterocycles. The van der Waals surface area contributed by atoms with Crippen LogP contribution in [0.3, 0.4) is 0 Å². The second-order valence-corrected chi connectivity index (χ2v) is 11.3. The minimum atomic E-state index is -0.113. The van der Waals surface area contributed by atoms with Crippen LogP contribution in [0.2, 0.25) is 0 Å². The Labute approximate surface area is 211 Å². The third-order valence-electron chi connectivity index (χ3n) is 6.68. The summed E-state index contributed by atoms with van der Waals surface area (Å²) in [4.78, 5) is 0. The van der Waals surface area contributed by atoms with Crippen LogP contribution in [0.4, 0.5) is 0 Å². The van der Waals surface area contributed by atoms with Crippen molar-refractivity contribution in [1.82, 2.24) is 0 Å². The summed E-state index contributed by atoms with van der Waals surface area (Å²) < 4.78 is 6.44. The van der Waals surface area contributed by atoms with Crippen molar-refractivity contribution in [3.63, 3.8) is 0 Å². The van der Waals surface area contributed by atoms with Crippen molar-refractivity contribution in [2.45, 2.75) is 52.0 Å². The number of aliphatic hydroxyl groups excluding tert-OH is 1. The fraction of sp³-hybridized carbons (Fsp3) is 0.250. The fourth-order valence-electron chi connectivity index (χ4n) is 4.43. The Bertz CT molecular complexity index is 1240. The molecule has 3 heteroatoms. The van der Waals surface area contributed by atoms with Gasteiger partial charge in [-0.1, -0.05) is 119 Å². The molecule has 0 aliphatic carbocycles. The van der Waals surface area contributed by atoms with Gasteiger partial charge < -0.3 is 9.84 Å². The Morgan fingerprint density at radius 2 is 1.49 bits per heavy atom. The molecular weight excluding hydrogens is 447 g/mol. The summed E-state index contributed by atoms with van der Waals surface area (Å²) in [5.41, 5.74) is 7.20. The van der Waals surface area contributed by atoms with E-state index in [0.29, 0.717) is 15.2 Å². The van der Waals surface area contributed by atoms with Crippen LogP contribution >= 0.6 is 8.58 Å². The molecule has 4 rings (SSSR count). The highest BCUT2D eigenvalue weighted by atomic mass is 31.1. The summed E-state index contributed by atoms with van der Waals surface area (Å²) in [5, 5.41) is 11.1. The van der Waals surface area contributed by atoms with Crippen molar-refractivity contribution in [2.24, 2.45) is 0 Å². The summed E-state index contributed by atoms with van der Waals surface area (Å²) in [5.74, 6) is 0.945. The Morgan fingerprint density at radius 3 is 2.14 bits per heavy atom.